The molecule has 0 aromatic heterocycles. The van der Waals surface area contributed by atoms with Crippen molar-refractivity contribution in [3.63, 3.8) is 0 Å². The van der Waals surface area contributed by atoms with E-state index < -0.39 is 0 Å². The highest BCUT2D eigenvalue weighted by molar-refractivity contribution is 5.98. The smallest absolute Gasteiger partial charge is 0.410 e. The molecule has 0 radical (unpaired) electrons. The number of carbonyl (C=O) groups excluding carboxylic acids is 2. The average Bonchev–Trinajstić information content (AvgIpc) is 3.37. The fourth-order valence-electron chi connectivity index (χ4n) is 6.87. The Morgan fingerprint density at radius 3 is 1.97 bits per heavy atom. The minimum Gasteiger partial charge on any atom is -0.448 e. The van der Waals surface area contributed by atoms with Gasteiger partial charge in [-0.1, -0.05) is 86.6 Å². The van der Waals surface area contributed by atoms with Gasteiger partial charge in [-0.2, -0.15) is 0 Å². The molecule has 3 aliphatic rings. The normalized spacial score (nSPS) is 22.1. The van der Waals surface area contributed by atoms with Gasteiger partial charge in [0.05, 0.1) is 0 Å². The third-order valence-electron chi connectivity index (χ3n) is 8.53. The Morgan fingerprint density at radius 2 is 1.41 bits per heavy atom. The molecule has 3 aromatic carbocycles. The van der Waals surface area contributed by atoms with E-state index in [-0.39, 0.29) is 35.8 Å². The van der Waals surface area contributed by atoms with Crippen molar-refractivity contribution in [2.24, 2.45) is 11.8 Å². The summed E-state index contributed by atoms with van der Waals surface area (Å²) in [4.78, 5) is 28.6. The summed E-state index contributed by atoms with van der Waals surface area (Å²) in [5.41, 5.74) is 6.99. The van der Waals surface area contributed by atoms with E-state index in [4.69, 9.17) is 4.74 Å². The van der Waals surface area contributed by atoms with Crippen molar-refractivity contribution >= 4 is 11.9 Å². The Bertz CT molecular complexity index is 1250. The van der Waals surface area contributed by atoms with Crippen molar-refractivity contribution in [3.05, 3.63) is 95.1 Å². The highest BCUT2D eigenvalue weighted by Gasteiger charge is 2.46. The standard InChI is InChI=1S/C33H35NO3/c1-21(2)17-22-11-13-23(14-12-22)32(35)24-18-25-15-16-26(19-24)34(25)33(36)37-20-31-29-9-5-3-7-27(29)28-8-4-6-10-30(28)31/h3-14,21,24-26,31H,15-20H2,1-2H3. The van der Waals surface area contributed by atoms with E-state index in [9.17, 15) is 9.59 Å². The van der Waals surface area contributed by atoms with Crippen molar-refractivity contribution in [1.82, 2.24) is 4.90 Å². The van der Waals surface area contributed by atoms with Crippen molar-refractivity contribution in [1.29, 1.82) is 0 Å². The molecule has 0 N–H and O–H groups in total. The Balaban J connectivity index is 1.11. The van der Waals surface area contributed by atoms with Gasteiger partial charge >= 0.3 is 6.09 Å². The number of carbonyl (C=O) groups is 2. The van der Waals surface area contributed by atoms with Crippen LogP contribution in [0.1, 0.15) is 72.5 Å². The first kappa shape index (κ1) is 24.0. The van der Waals surface area contributed by atoms with Crippen LogP contribution in [0.15, 0.2) is 72.8 Å². The third-order valence-corrected chi connectivity index (χ3v) is 8.53. The third kappa shape index (κ3) is 4.47. The van der Waals surface area contributed by atoms with E-state index in [0.717, 1.165) is 37.7 Å². The number of nitrogens with zero attached hydrogens (tertiary/aromatic N) is 1. The van der Waals surface area contributed by atoms with Gasteiger partial charge in [0, 0.05) is 29.5 Å². The fourth-order valence-corrected chi connectivity index (χ4v) is 6.87. The number of ketones is 1. The Kier molecular flexibility index (Phi) is 6.36. The highest BCUT2D eigenvalue weighted by atomic mass is 16.6. The van der Waals surface area contributed by atoms with E-state index in [1.807, 2.05) is 17.0 Å². The maximum Gasteiger partial charge on any atom is 0.410 e. The lowest BCUT2D eigenvalue weighted by Gasteiger charge is -2.37. The predicted octanol–water partition coefficient (Wildman–Crippen LogP) is 7.26. The molecule has 1 amide bonds. The molecule has 0 spiro atoms. The molecule has 2 fully saturated rings. The Labute approximate surface area is 219 Å². The van der Waals surface area contributed by atoms with Gasteiger partial charge in [-0.3, -0.25) is 4.79 Å². The number of fused-ring (bicyclic) bond motifs is 5. The van der Waals surface area contributed by atoms with Crippen molar-refractivity contribution in [2.75, 3.05) is 6.61 Å². The van der Waals surface area contributed by atoms with E-state index in [2.05, 4.69) is 74.5 Å². The molecule has 4 heteroatoms. The van der Waals surface area contributed by atoms with E-state index >= 15 is 0 Å². The number of hydrogen-bond donors (Lipinski definition) is 0. The lowest BCUT2D eigenvalue weighted by molar-refractivity contribution is 0.0506. The van der Waals surface area contributed by atoms with Gasteiger partial charge in [-0.05, 0) is 65.8 Å². The van der Waals surface area contributed by atoms with Crippen LogP contribution >= 0.6 is 0 Å². The zero-order valence-corrected chi connectivity index (χ0v) is 21.7. The first-order valence-electron chi connectivity index (χ1n) is 13.8. The Morgan fingerprint density at radius 1 is 0.838 bits per heavy atom. The number of benzene rings is 3. The van der Waals surface area contributed by atoms with Gasteiger partial charge in [0.1, 0.15) is 6.61 Å². The number of hydrogen-bond acceptors (Lipinski definition) is 3. The van der Waals surface area contributed by atoms with Gasteiger partial charge in [0.25, 0.3) is 0 Å². The fraction of sp³-hybridized carbons (Fsp3) is 0.394. The van der Waals surface area contributed by atoms with Crippen molar-refractivity contribution in [3.8, 4) is 11.1 Å². The number of piperidine rings is 1. The zero-order valence-electron chi connectivity index (χ0n) is 21.7. The second-order valence-corrected chi connectivity index (χ2v) is 11.4. The lowest BCUT2D eigenvalue weighted by Crippen LogP contribution is -2.48. The summed E-state index contributed by atoms with van der Waals surface area (Å²) in [5.74, 6) is 0.859. The first-order valence-corrected chi connectivity index (χ1v) is 13.8. The average molecular weight is 494 g/mol. The molecule has 2 atom stereocenters. The monoisotopic (exact) mass is 493 g/mol. The van der Waals surface area contributed by atoms with Crippen LogP contribution in [0.4, 0.5) is 4.79 Å². The van der Waals surface area contributed by atoms with Gasteiger partial charge < -0.3 is 9.64 Å². The summed E-state index contributed by atoms with van der Waals surface area (Å²) in [7, 11) is 0. The van der Waals surface area contributed by atoms with Crippen molar-refractivity contribution < 1.29 is 14.3 Å². The summed E-state index contributed by atoms with van der Waals surface area (Å²) in [6.07, 6.45) is 4.16. The van der Waals surface area contributed by atoms with Crippen molar-refractivity contribution in [2.45, 2.75) is 64.0 Å². The van der Waals surface area contributed by atoms with Gasteiger partial charge in [0.15, 0.2) is 5.78 Å². The molecule has 2 saturated heterocycles. The van der Waals surface area contributed by atoms with E-state index in [0.29, 0.717) is 12.5 Å². The lowest BCUT2D eigenvalue weighted by atomic mass is 9.84. The van der Waals surface area contributed by atoms with Crippen LogP contribution in [0.25, 0.3) is 11.1 Å². The van der Waals surface area contributed by atoms with Gasteiger partial charge in [0.2, 0.25) is 0 Å². The van der Waals surface area contributed by atoms with Gasteiger partial charge in [-0.15, -0.1) is 0 Å². The van der Waals surface area contributed by atoms with Crippen LogP contribution in [0.3, 0.4) is 0 Å². The molecule has 190 valence electrons. The second kappa shape index (κ2) is 9.81. The molecular formula is C33H35NO3. The number of rotatable bonds is 6. The number of amides is 1. The molecule has 37 heavy (non-hydrogen) atoms. The van der Waals surface area contributed by atoms with Crippen LogP contribution < -0.4 is 0 Å². The van der Waals surface area contributed by atoms with Crippen LogP contribution in [0.5, 0.6) is 0 Å². The minimum absolute atomic E-state index is 0.0221. The number of Topliss-reactive ketones (excluding diaryl/α,β-unsaturated/α-hetero) is 1. The molecule has 2 unspecified atom stereocenters. The van der Waals surface area contributed by atoms with Crippen LogP contribution in [0.2, 0.25) is 0 Å². The van der Waals surface area contributed by atoms with Crippen LogP contribution in [0, 0.1) is 11.8 Å². The molecule has 2 aliphatic heterocycles. The van der Waals surface area contributed by atoms with Crippen LogP contribution in [-0.4, -0.2) is 35.5 Å². The van der Waals surface area contributed by atoms with E-state index in [1.165, 1.54) is 27.8 Å². The quantitative estimate of drug-likeness (QED) is 0.340. The summed E-state index contributed by atoms with van der Waals surface area (Å²) in [6, 6.07) is 25.1. The van der Waals surface area contributed by atoms with E-state index in [1.54, 1.807) is 0 Å². The molecule has 3 aromatic rings. The molecule has 6 rings (SSSR count). The molecular weight excluding hydrogens is 458 g/mol. The van der Waals surface area contributed by atoms with Gasteiger partial charge in [-0.25, -0.2) is 4.79 Å². The second-order valence-electron chi connectivity index (χ2n) is 11.4. The summed E-state index contributed by atoms with van der Waals surface area (Å²) >= 11 is 0. The predicted molar refractivity (Wildman–Crippen MR) is 146 cm³/mol. The molecule has 1 aliphatic carbocycles. The molecule has 4 nitrogen and oxygen atoms in total. The maximum atomic E-state index is 13.3. The zero-order chi connectivity index (χ0) is 25.5. The molecule has 2 heterocycles. The minimum atomic E-state index is -0.224. The summed E-state index contributed by atoms with van der Waals surface area (Å²) in [5, 5.41) is 0. The van der Waals surface area contributed by atoms with Crippen LogP contribution in [-0.2, 0) is 11.2 Å². The first-order chi connectivity index (χ1) is 18.0. The molecule has 0 saturated carbocycles. The maximum absolute atomic E-state index is 13.3. The topological polar surface area (TPSA) is 46.6 Å². The highest BCUT2D eigenvalue weighted by Crippen LogP contribution is 2.45. The largest absolute Gasteiger partial charge is 0.448 e. The summed E-state index contributed by atoms with van der Waals surface area (Å²) < 4.78 is 5.99. The Hall–Kier alpha value is -3.40. The number of ether oxygens (including phenoxy) is 1. The summed E-state index contributed by atoms with van der Waals surface area (Å²) in [6.45, 7) is 4.76. The SMILES string of the molecule is CC(C)Cc1ccc(C(=O)C2CC3CCC(C2)N3C(=O)OCC2c3ccccc3-c3ccccc32)cc1. The molecule has 2 bridgehead atoms.